The van der Waals surface area contributed by atoms with Crippen molar-refractivity contribution < 1.29 is 14.3 Å². The Hall–Kier alpha value is -2.03. The van der Waals surface area contributed by atoms with Crippen molar-refractivity contribution in [2.75, 3.05) is 13.2 Å². The standard InChI is InChI=1S/C47H80O3/c1-40(2)26-24-28-43-30-34-45(35-31-43)42(5)49-38-22-20-18-16-14-12-10-8-6-7-9-11-13-15-17-19-21-23-39-50-47(48)46-36-32-44(33-37-46)29-25-27-41(3)4/h26-27,30,32,45-46H,5-25,28-29,31,33-39H2,1-4H3. The molecule has 0 aromatic heterocycles. The Morgan fingerprint density at radius 3 is 1.30 bits per heavy atom. The molecular weight excluding hydrogens is 613 g/mol. The second-order valence-electron chi connectivity index (χ2n) is 16.2. The zero-order valence-electron chi connectivity index (χ0n) is 33.6. The molecule has 0 fully saturated rings. The Bertz CT molecular complexity index is 937. The predicted octanol–water partition coefficient (Wildman–Crippen LogP) is 15.0. The van der Waals surface area contributed by atoms with Crippen LogP contribution in [0.1, 0.15) is 207 Å². The Labute approximate surface area is 310 Å². The molecule has 0 aromatic carbocycles. The van der Waals surface area contributed by atoms with Gasteiger partial charge in [0, 0.05) is 5.92 Å². The van der Waals surface area contributed by atoms with Gasteiger partial charge in [-0.2, -0.15) is 0 Å². The molecule has 0 radical (unpaired) electrons. The number of unbranched alkanes of at least 4 members (excludes halogenated alkanes) is 17. The highest BCUT2D eigenvalue weighted by Gasteiger charge is 2.22. The molecule has 2 aliphatic carbocycles. The van der Waals surface area contributed by atoms with Crippen LogP contribution in [0.15, 0.2) is 58.9 Å². The van der Waals surface area contributed by atoms with Crippen LogP contribution in [-0.4, -0.2) is 19.2 Å². The first-order valence-electron chi connectivity index (χ1n) is 21.5. The van der Waals surface area contributed by atoms with Crippen LogP contribution in [0.5, 0.6) is 0 Å². The van der Waals surface area contributed by atoms with E-state index in [1.54, 1.807) is 5.57 Å². The number of esters is 1. The largest absolute Gasteiger partial charge is 0.498 e. The molecule has 286 valence electrons. The highest BCUT2D eigenvalue weighted by molar-refractivity contribution is 5.72. The van der Waals surface area contributed by atoms with E-state index in [0.29, 0.717) is 12.5 Å². The van der Waals surface area contributed by atoms with E-state index in [4.69, 9.17) is 9.47 Å². The maximum atomic E-state index is 12.4. The number of carbonyl (C=O) groups is 1. The van der Waals surface area contributed by atoms with E-state index in [2.05, 4.69) is 58.6 Å². The van der Waals surface area contributed by atoms with E-state index in [1.165, 1.54) is 152 Å². The maximum absolute atomic E-state index is 12.4. The summed E-state index contributed by atoms with van der Waals surface area (Å²) >= 11 is 0. The minimum absolute atomic E-state index is 0.0341. The lowest BCUT2D eigenvalue weighted by Gasteiger charge is -2.24. The molecule has 0 N–H and O–H groups in total. The van der Waals surface area contributed by atoms with Gasteiger partial charge in [0.25, 0.3) is 0 Å². The lowest BCUT2D eigenvalue weighted by Crippen LogP contribution is -2.20. The van der Waals surface area contributed by atoms with Gasteiger partial charge in [0.05, 0.1) is 24.9 Å². The van der Waals surface area contributed by atoms with E-state index >= 15 is 0 Å². The fourth-order valence-corrected chi connectivity index (χ4v) is 7.47. The van der Waals surface area contributed by atoms with Crippen LogP contribution in [0.25, 0.3) is 0 Å². The van der Waals surface area contributed by atoms with Crippen LogP contribution in [0, 0.1) is 11.8 Å². The number of hydrogen-bond donors (Lipinski definition) is 0. The summed E-state index contributed by atoms with van der Waals surface area (Å²) in [5.74, 6) is 1.67. The van der Waals surface area contributed by atoms with E-state index in [1.807, 2.05) is 0 Å². The topological polar surface area (TPSA) is 35.5 Å². The molecule has 2 atom stereocenters. The summed E-state index contributed by atoms with van der Waals surface area (Å²) in [7, 11) is 0. The molecule has 0 saturated heterocycles. The van der Waals surface area contributed by atoms with Crippen LogP contribution < -0.4 is 0 Å². The summed E-state index contributed by atoms with van der Waals surface area (Å²) in [4.78, 5) is 12.4. The number of ether oxygens (including phenoxy) is 2. The highest BCUT2D eigenvalue weighted by atomic mass is 16.5. The molecule has 3 nitrogen and oxygen atoms in total. The molecule has 2 unspecified atom stereocenters. The van der Waals surface area contributed by atoms with Crippen molar-refractivity contribution in [3.8, 4) is 0 Å². The first-order chi connectivity index (χ1) is 24.3. The van der Waals surface area contributed by atoms with Crippen molar-refractivity contribution in [2.45, 2.75) is 207 Å². The summed E-state index contributed by atoms with van der Waals surface area (Å²) in [5, 5.41) is 0. The first-order valence-corrected chi connectivity index (χ1v) is 21.5. The van der Waals surface area contributed by atoms with Gasteiger partial charge in [0.2, 0.25) is 0 Å². The highest BCUT2D eigenvalue weighted by Crippen LogP contribution is 2.31. The smallest absolute Gasteiger partial charge is 0.309 e. The van der Waals surface area contributed by atoms with Crippen molar-refractivity contribution in [3.63, 3.8) is 0 Å². The van der Waals surface area contributed by atoms with Crippen molar-refractivity contribution in [3.05, 3.63) is 58.9 Å². The molecule has 0 amide bonds. The van der Waals surface area contributed by atoms with Crippen LogP contribution >= 0.6 is 0 Å². The summed E-state index contributed by atoms with van der Waals surface area (Å²) in [6, 6.07) is 0. The molecule has 2 rings (SSSR count). The molecule has 0 aliphatic heterocycles. The van der Waals surface area contributed by atoms with Crippen molar-refractivity contribution in [1.29, 1.82) is 0 Å². The Kier molecular flexibility index (Phi) is 26.1. The zero-order chi connectivity index (χ0) is 36.1. The second-order valence-corrected chi connectivity index (χ2v) is 16.2. The second kappa shape index (κ2) is 29.5. The lowest BCUT2D eigenvalue weighted by atomic mass is 9.87. The zero-order valence-corrected chi connectivity index (χ0v) is 33.6. The Morgan fingerprint density at radius 1 is 0.580 bits per heavy atom. The normalized spacial score (nSPS) is 17.4. The third-order valence-corrected chi connectivity index (χ3v) is 10.9. The third kappa shape index (κ3) is 23.4. The predicted molar refractivity (Wildman–Crippen MR) is 217 cm³/mol. The minimum Gasteiger partial charge on any atom is -0.498 e. The van der Waals surface area contributed by atoms with E-state index < -0.39 is 0 Å². The summed E-state index contributed by atoms with van der Waals surface area (Å²) < 4.78 is 11.7. The molecule has 0 saturated carbocycles. The monoisotopic (exact) mass is 693 g/mol. The van der Waals surface area contributed by atoms with Gasteiger partial charge in [0.1, 0.15) is 0 Å². The average molecular weight is 693 g/mol. The van der Waals surface area contributed by atoms with Crippen molar-refractivity contribution in [1.82, 2.24) is 0 Å². The van der Waals surface area contributed by atoms with Gasteiger partial charge >= 0.3 is 5.97 Å². The van der Waals surface area contributed by atoms with Gasteiger partial charge in [0.15, 0.2) is 0 Å². The molecule has 0 heterocycles. The molecule has 2 aliphatic rings. The first kappa shape index (κ1) is 44.1. The van der Waals surface area contributed by atoms with Crippen LogP contribution in [0.2, 0.25) is 0 Å². The van der Waals surface area contributed by atoms with E-state index in [0.717, 1.165) is 57.3 Å². The summed E-state index contributed by atoms with van der Waals surface area (Å²) in [6.45, 7) is 14.4. The molecular formula is C47H80O3. The quantitative estimate of drug-likeness (QED) is 0.0325. The van der Waals surface area contributed by atoms with Crippen molar-refractivity contribution in [2.24, 2.45) is 11.8 Å². The lowest BCUT2D eigenvalue weighted by molar-refractivity contribution is -0.149. The van der Waals surface area contributed by atoms with Crippen LogP contribution in [-0.2, 0) is 14.3 Å². The Morgan fingerprint density at radius 2 is 0.940 bits per heavy atom. The molecule has 3 heteroatoms. The Balaban J connectivity index is 1.26. The summed E-state index contributed by atoms with van der Waals surface area (Å²) in [5.41, 5.74) is 5.96. The number of rotatable bonds is 30. The van der Waals surface area contributed by atoms with Gasteiger partial charge < -0.3 is 9.47 Å². The SMILES string of the molecule is C=C(OCCCCCCCCCCCCCCCCCCCCOC(=O)C1CC=C(CCC=C(C)C)CC1)C1CC=C(CCC=C(C)C)CC1. The maximum Gasteiger partial charge on any atom is 0.309 e. The van der Waals surface area contributed by atoms with Crippen LogP contribution in [0.3, 0.4) is 0 Å². The molecule has 0 spiro atoms. The van der Waals surface area contributed by atoms with Gasteiger partial charge in [-0.1, -0.05) is 156 Å². The van der Waals surface area contributed by atoms with Gasteiger partial charge in [-0.05, 0) is 105 Å². The van der Waals surface area contributed by atoms with Gasteiger partial charge in [-0.3, -0.25) is 4.79 Å². The van der Waals surface area contributed by atoms with Gasteiger partial charge in [-0.15, -0.1) is 0 Å². The molecule has 0 bridgehead atoms. The molecule has 0 aromatic rings. The van der Waals surface area contributed by atoms with Crippen LogP contribution in [0.4, 0.5) is 0 Å². The van der Waals surface area contributed by atoms with E-state index in [9.17, 15) is 4.79 Å². The fraction of sp³-hybridized carbons (Fsp3) is 0.766. The average Bonchev–Trinajstić information content (AvgIpc) is 3.10. The number of hydrogen-bond acceptors (Lipinski definition) is 3. The number of carbonyl (C=O) groups excluding carboxylic acids is 1. The summed E-state index contributed by atoms with van der Waals surface area (Å²) in [6.07, 6.45) is 44.5. The third-order valence-electron chi connectivity index (χ3n) is 10.9. The number of allylic oxidation sites excluding steroid dienone is 9. The van der Waals surface area contributed by atoms with Crippen molar-refractivity contribution >= 4 is 5.97 Å². The van der Waals surface area contributed by atoms with Gasteiger partial charge in [-0.25, -0.2) is 0 Å². The fourth-order valence-electron chi connectivity index (χ4n) is 7.47. The van der Waals surface area contributed by atoms with E-state index in [-0.39, 0.29) is 11.9 Å². The molecule has 50 heavy (non-hydrogen) atoms. The minimum atomic E-state index is 0.0341.